The fourth-order valence-corrected chi connectivity index (χ4v) is 2.65. The van der Waals surface area contributed by atoms with Crippen LogP contribution in [0.4, 0.5) is 23.2 Å². The van der Waals surface area contributed by atoms with Gasteiger partial charge < -0.3 is 21.9 Å². The standard InChI is InChI=1S/C17H12BrF4NO3.ClH/c1-25-16(24)11-6-5-10(19)7-15(11)26-14-4-2-3-13(12(14)8-18)23-9-17(20,21)22;/h2-7,9H,8H2,1H3;1H. The molecule has 0 heterocycles. The van der Waals surface area contributed by atoms with E-state index in [2.05, 4.69) is 25.7 Å². The SMILES string of the molecule is COC(=O)c1ccc(F)cc1Oc1cccc([NH+]=CC(F)(F)F)c1CBr.[Cl-]. The summed E-state index contributed by atoms with van der Waals surface area (Å²) in [6.07, 6.45) is -4.53. The van der Waals surface area contributed by atoms with Crippen LogP contribution in [0.15, 0.2) is 36.4 Å². The third kappa shape index (κ3) is 6.21. The van der Waals surface area contributed by atoms with Crippen molar-refractivity contribution in [3.8, 4) is 11.5 Å². The highest BCUT2D eigenvalue weighted by atomic mass is 79.9. The van der Waals surface area contributed by atoms with Crippen LogP contribution in [0.5, 0.6) is 11.5 Å². The summed E-state index contributed by atoms with van der Waals surface area (Å²) in [5.41, 5.74) is 0.482. The predicted octanol–water partition coefficient (Wildman–Crippen LogP) is 0.649. The molecule has 0 spiro atoms. The minimum absolute atomic E-state index is 0. The van der Waals surface area contributed by atoms with Gasteiger partial charge in [0.25, 0.3) is 0 Å². The van der Waals surface area contributed by atoms with Crippen molar-refractivity contribution in [1.82, 2.24) is 0 Å². The van der Waals surface area contributed by atoms with E-state index in [1.54, 1.807) is 0 Å². The first kappa shape index (κ1) is 22.9. The number of benzene rings is 2. The Morgan fingerprint density at radius 1 is 1.22 bits per heavy atom. The van der Waals surface area contributed by atoms with E-state index in [1.807, 2.05) is 0 Å². The molecule has 2 rings (SSSR count). The third-order valence-corrected chi connectivity index (χ3v) is 3.79. The number of carbonyl (C=O) groups excluding carboxylic acids is 1. The fourth-order valence-electron chi connectivity index (χ4n) is 2.07. The maximum atomic E-state index is 13.5. The smallest absolute Gasteiger partial charge is 0.469 e. The lowest BCUT2D eigenvalue weighted by Gasteiger charge is -2.12. The summed E-state index contributed by atoms with van der Waals surface area (Å²) in [4.78, 5) is 14.0. The molecule has 0 saturated carbocycles. The summed E-state index contributed by atoms with van der Waals surface area (Å²) in [5, 5.41) is 0.153. The van der Waals surface area contributed by atoms with Crippen LogP contribution in [-0.4, -0.2) is 25.5 Å². The number of methoxy groups -OCH3 is 1. The third-order valence-electron chi connectivity index (χ3n) is 3.23. The average Bonchev–Trinajstić information content (AvgIpc) is 2.59. The zero-order valence-electron chi connectivity index (χ0n) is 13.7. The summed E-state index contributed by atoms with van der Waals surface area (Å²) < 4.78 is 61.0. The van der Waals surface area contributed by atoms with E-state index in [-0.39, 0.29) is 46.7 Å². The zero-order valence-corrected chi connectivity index (χ0v) is 16.1. The van der Waals surface area contributed by atoms with Crippen molar-refractivity contribution in [1.29, 1.82) is 0 Å². The maximum Gasteiger partial charge on any atom is 0.469 e. The second-order valence-corrected chi connectivity index (χ2v) is 5.54. The van der Waals surface area contributed by atoms with Gasteiger partial charge in [0.1, 0.15) is 22.9 Å². The average molecular weight is 471 g/mol. The fraction of sp³-hybridized carbons (Fsp3) is 0.176. The molecule has 0 aliphatic carbocycles. The molecule has 10 heteroatoms. The van der Waals surface area contributed by atoms with Crippen molar-refractivity contribution in [3.05, 3.63) is 53.3 Å². The zero-order chi connectivity index (χ0) is 19.3. The van der Waals surface area contributed by atoms with E-state index in [9.17, 15) is 22.4 Å². The van der Waals surface area contributed by atoms with Crippen LogP contribution in [0.1, 0.15) is 15.9 Å². The Labute approximate surface area is 166 Å². The van der Waals surface area contributed by atoms with E-state index < -0.39 is 18.0 Å². The van der Waals surface area contributed by atoms with Gasteiger partial charge in [-0.2, -0.15) is 13.2 Å². The van der Waals surface area contributed by atoms with Gasteiger partial charge >= 0.3 is 12.1 Å². The molecule has 0 radical (unpaired) electrons. The molecule has 0 saturated heterocycles. The van der Waals surface area contributed by atoms with Gasteiger partial charge in [0.05, 0.1) is 12.7 Å². The normalized spacial score (nSPS) is 11.2. The highest BCUT2D eigenvalue weighted by Crippen LogP contribution is 2.32. The van der Waals surface area contributed by atoms with Gasteiger partial charge in [0, 0.05) is 17.5 Å². The van der Waals surface area contributed by atoms with E-state index in [0.29, 0.717) is 5.56 Å². The van der Waals surface area contributed by atoms with Gasteiger partial charge in [-0.15, -0.1) is 0 Å². The number of rotatable bonds is 5. The quantitative estimate of drug-likeness (QED) is 0.302. The Balaban J connectivity index is 0.00000364. The van der Waals surface area contributed by atoms with Crippen LogP contribution in [0.3, 0.4) is 0 Å². The first-order valence-corrected chi connectivity index (χ1v) is 8.28. The molecule has 0 aliphatic heterocycles. The Morgan fingerprint density at radius 3 is 2.52 bits per heavy atom. The van der Waals surface area contributed by atoms with Crippen molar-refractivity contribution in [2.45, 2.75) is 11.5 Å². The topological polar surface area (TPSA) is 49.5 Å². The number of ether oxygens (including phenoxy) is 2. The van der Waals surface area contributed by atoms with Gasteiger partial charge in [0.15, 0.2) is 0 Å². The Morgan fingerprint density at radius 2 is 1.93 bits per heavy atom. The minimum atomic E-state index is -4.51. The first-order chi connectivity index (χ1) is 12.2. The molecule has 2 aromatic carbocycles. The largest absolute Gasteiger partial charge is 1.00 e. The Hall–Kier alpha value is -2.13. The van der Waals surface area contributed by atoms with Crippen molar-refractivity contribution in [2.75, 3.05) is 7.11 Å². The van der Waals surface area contributed by atoms with Gasteiger partial charge in [-0.3, -0.25) is 0 Å². The van der Waals surface area contributed by atoms with Crippen molar-refractivity contribution >= 4 is 33.8 Å². The highest BCUT2D eigenvalue weighted by molar-refractivity contribution is 9.08. The van der Waals surface area contributed by atoms with Gasteiger partial charge in [0.2, 0.25) is 11.9 Å². The summed E-state index contributed by atoms with van der Waals surface area (Å²) in [6, 6.07) is 7.64. The van der Waals surface area contributed by atoms with Crippen LogP contribution in [0, 0.1) is 5.82 Å². The van der Waals surface area contributed by atoms with Crippen molar-refractivity contribution in [3.63, 3.8) is 0 Å². The predicted molar refractivity (Wildman–Crippen MR) is 89.6 cm³/mol. The summed E-state index contributed by atoms with van der Waals surface area (Å²) >= 11 is 3.19. The lowest BCUT2D eigenvalue weighted by Crippen LogP contribution is -3.00. The number of hydrogen-bond acceptors (Lipinski definition) is 3. The number of hydrogen-bond donors (Lipinski definition) is 1. The molecule has 0 unspecified atom stereocenters. The van der Waals surface area contributed by atoms with Crippen LogP contribution in [0.25, 0.3) is 0 Å². The molecule has 27 heavy (non-hydrogen) atoms. The second-order valence-electron chi connectivity index (χ2n) is 4.98. The molecule has 0 aromatic heterocycles. The molecule has 1 N–H and O–H groups in total. The van der Waals surface area contributed by atoms with E-state index in [4.69, 9.17) is 4.74 Å². The monoisotopic (exact) mass is 469 g/mol. The van der Waals surface area contributed by atoms with Crippen molar-refractivity contribution < 1.29 is 49.2 Å². The van der Waals surface area contributed by atoms with Crippen LogP contribution in [-0.2, 0) is 10.1 Å². The molecule has 0 atom stereocenters. The molecule has 0 bridgehead atoms. The van der Waals surface area contributed by atoms with Crippen molar-refractivity contribution in [2.24, 2.45) is 0 Å². The molecule has 0 amide bonds. The molecule has 2 aromatic rings. The number of esters is 1. The molecule has 0 aliphatic rings. The van der Waals surface area contributed by atoms with Crippen LogP contribution in [0.2, 0.25) is 0 Å². The summed E-state index contributed by atoms with van der Waals surface area (Å²) in [7, 11) is 1.16. The summed E-state index contributed by atoms with van der Waals surface area (Å²) in [5.74, 6) is -1.35. The van der Waals surface area contributed by atoms with Crippen LogP contribution < -0.4 is 22.1 Å². The number of carbonyl (C=O) groups is 1. The molecular weight excluding hydrogens is 458 g/mol. The molecule has 146 valence electrons. The number of nitrogens with one attached hydrogen (secondary N) is 1. The first-order valence-electron chi connectivity index (χ1n) is 7.16. The lowest BCUT2D eigenvalue weighted by molar-refractivity contribution is -0.361. The number of alkyl halides is 4. The van der Waals surface area contributed by atoms with E-state index in [1.165, 1.54) is 24.3 Å². The molecular formula is C17H13BrClF4NO3. The Bertz CT molecular complexity index is 843. The summed E-state index contributed by atoms with van der Waals surface area (Å²) in [6.45, 7) is 0. The van der Waals surface area contributed by atoms with Gasteiger partial charge in [-0.1, -0.05) is 22.0 Å². The van der Waals surface area contributed by atoms with E-state index in [0.717, 1.165) is 19.2 Å². The van der Waals surface area contributed by atoms with Crippen LogP contribution >= 0.6 is 15.9 Å². The Kier molecular flexibility index (Phi) is 8.23. The van der Waals surface area contributed by atoms with Gasteiger partial charge in [-0.05, 0) is 18.2 Å². The molecule has 0 fully saturated rings. The highest BCUT2D eigenvalue weighted by Gasteiger charge is 2.29. The number of halogens is 6. The van der Waals surface area contributed by atoms with E-state index >= 15 is 0 Å². The maximum absolute atomic E-state index is 13.5. The second kappa shape index (κ2) is 9.70. The lowest BCUT2D eigenvalue weighted by atomic mass is 10.1. The van der Waals surface area contributed by atoms with Gasteiger partial charge in [-0.25, -0.2) is 14.2 Å². The minimum Gasteiger partial charge on any atom is -1.00 e. The molecule has 4 nitrogen and oxygen atoms in total.